The van der Waals surface area contributed by atoms with E-state index in [1.807, 2.05) is 19.1 Å². The molecule has 7 heteroatoms. The van der Waals surface area contributed by atoms with E-state index in [-0.39, 0.29) is 18.0 Å². The highest BCUT2D eigenvalue weighted by molar-refractivity contribution is 6.39. The van der Waals surface area contributed by atoms with Gasteiger partial charge in [-0.15, -0.1) is 0 Å². The quantitative estimate of drug-likeness (QED) is 0.444. The van der Waals surface area contributed by atoms with Crippen LogP contribution in [0.2, 0.25) is 0 Å². The zero-order valence-electron chi connectivity index (χ0n) is 17.9. The largest absolute Gasteiger partial charge is 0.488 e. The Balaban J connectivity index is 1.62. The van der Waals surface area contributed by atoms with Gasteiger partial charge < -0.3 is 4.74 Å². The fraction of sp³-hybridized carbons (Fsp3) is 0.115. The van der Waals surface area contributed by atoms with Crippen LogP contribution in [-0.2, 0) is 22.6 Å². The number of carbonyl (C=O) groups is 3. The number of barbiturate groups is 1. The summed E-state index contributed by atoms with van der Waals surface area (Å²) in [5.74, 6) is -1.40. The molecule has 3 aromatic rings. The predicted octanol–water partition coefficient (Wildman–Crippen LogP) is 4.63. The smallest absolute Gasteiger partial charge is 0.335 e. The van der Waals surface area contributed by atoms with Crippen molar-refractivity contribution in [2.24, 2.45) is 0 Å². The first kappa shape index (κ1) is 22.0. The van der Waals surface area contributed by atoms with Crippen LogP contribution in [-0.4, -0.2) is 17.8 Å². The van der Waals surface area contributed by atoms with Gasteiger partial charge in [0.25, 0.3) is 11.8 Å². The van der Waals surface area contributed by atoms with E-state index in [0.717, 1.165) is 22.4 Å². The van der Waals surface area contributed by atoms with Crippen molar-refractivity contribution in [3.05, 3.63) is 101 Å². The average molecular weight is 444 g/mol. The van der Waals surface area contributed by atoms with Crippen molar-refractivity contribution < 1.29 is 23.5 Å². The van der Waals surface area contributed by atoms with Gasteiger partial charge in [-0.25, -0.2) is 14.1 Å². The minimum atomic E-state index is -0.799. The summed E-state index contributed by atoms with van der Waals surface area (Å²) >= 11 is 0. The van der Waals surface area contributed by atoms with Crippen molar-refractivity contribution in [3.63, 3.8) is 0 Å². The first-order chi connectivity index (χ1) is 16.0. The molecule has 1 aliphatic rings. The summed E-state index contributed by atoms with van der Waals surface area (Å²) in [6, 6.07) is 19.0. The van der Waals surface area contributed by atoms with E-state index in [9.17, 15) is 18.8 Å². The van der Waals surface area contributed by atoms with Crippen LogP contribution in [0.4, 0.5) is 14.9 Å². The van der Waals surface area contributed by atoms with Crippen LogP contribution in [0.25, 0.3) is 6.08 Å². The Morgan fingerprint density at radius 1 is 0.909 bits per heavy atom. The van der Waals surface area contributed by atoms with Gasteiger partial charge in [-0.2, -0.15) is 0 Å². The fourth-order valence-corrected chi connectivity index (χ4v) is 3.40. The Labute approximate surface area is 190 Å². The van der Waals surface area contributed by atoms with Gasteiger partial charge >= 0.3 is 6.03 Å². The highest BCUT2D eigenvalue weighted by atomic mass is 19.1. The average Bonchev–Trinajstić information content (AvgIpc) is 2.82. The van der Waals surface area contributed by atoms with E-state index in [4.69, 9.17) is 4.74 Å². The van der Waals surface area contributed by atoms with Crippen LogP contribution in [0.15, 0.2) is 78.4 Å². The van der Waals surface area contributed by atoms with Crippen molar-refractivity contribution in [2.45, 2.75) is 20.0 Å². The first-order valence-corrected chi connectivity index (χ1v) is 10.4. The van der Waals surface area contributed by atoms with Crippen molar-refractivity contribution in [1.82, 2.24) is 5.32 Å². The maximum Gasteiger partial charge on any atom is 0.335 e. The molecule has 4 rings (SSSR count). The molecule has 1 saturated heterocycles. The van der Waals surface area contributed by atoms with E-state index < -0.39 is 17.8 Å². The Hall–Kier alpha value is -4.26. The molecule has 0 saturated carbocycles. The number of para-hydroxylation sites is 1. The number of benzene rings is 3. The number of halogens is 1. The lowest BCUT2D eigenvalue weighted by atomic mass is 10.1. The minimum Gasteiger partial charge on any atom is -0.488 e. The predicted molar refractivity (Wildman–Crippen MR) is 122 cm³/mol. The van der Waals surface area contributed by atoms with Crippen molar-refractivity contribution >= 4 is 29.6 Å². The van der Waals surface area contributed by atoms with Gasteiger partial charge in [0.1, 0.15) is 23.7 Å². The van der Waals surface area contributed by atoms with Crippen LogP contribution in [0.1, 0.15) is 23.6 Å². The Morgan fingerprint density at radius 3 is 2.27 bits per heavy atom. The number of imide groups is 2. The van der Waals surface area contributed by atoms with Gasteiger partial charge in [-0.05, 0) is 54.0 Å². The lowest BCUT2D eigenvalue weighted by molar-refractivity contribution is -0.122. The monoisotopic (exact) mass is 444 g/mol. The molecule has 3 aromatic carbocycles. The molecule has 0 unspecified atom stereocenters. The maximum atomic E-state index is 13.1. The highest BCUT2D eigenvalue weighted by Gasteiger charge is 2.36. The van der Waals surface area contributed by atoms with Crippen LogP contribution < -0.4 is 15.0 Å². The molecule has 1 aliphatic heterocycles. The third-order valence-electron chi connectivity index (χ3n) is 5.23. The molecule has 0 spiro atoms. The number of anilines is 1. The first-order valence-electron chi connectivity index (χ1n) is 10.4. The summed E-state index contributed by atoms with van der Waals surface area (Å²) in [6.45, 7) is 2.18. The minimum absolute atomic E-state index is 0.176. The zero-order valence-corrected chi connectivity index (χ0v) is 17.9. The van der Waals surface area contributed by atoms with Crippen molar-refractivity contribution in [3.8, 4) is 5.75 Å². The molecule has 0 atom stereocenters. The molecule has 0 aromatic heterocycles. The number of aryl methyl sites for hydroxylation is 1. The maximum absolute atomic E-state index is 13.1. The normalized spacial score (nSPS) is 15.0. The van der Waals surface area contributed by atoms with Crippen LogP contribution in [0.5, 0.6) is 5.75 Å². The van der Waals surface area contributed by atoms with Gasteiger partial charge in [0.05, 0.1) is 5.69 Å². The Morgan fingerprint density at radius 2 is 1.58 bits per heavy atom. The lowest BCUT2D eigenvalue weighted by Gasteiger charge is -2.26. The molecule has 1 fully saturated rings. The molecule has 4 amide bonds. The van der Waals surface area contributed by atoms with E-state index in [1.165, 1.54) is 18.2 Å². The lowest BCUT2D eigenvalue weighted by Crippen LogP contribution is -2.54. The number of amides is 4. The molecule has 6 nitrogen and oxygen atoms in total. The van der Waals surface area contributed by atoms with E-state index >= 15 is 0 Å². The standard InChI is InChI=1S/C26H21FN2O4/c1-2-17-9-13-21(14-10-17)29-25(31)22(24(30)28-26(29)32)15-19-5-3-4-6-23(19)33-16-18-7-11-20(27)12-8-18/h3-15H,2,16H2,1H3,(H,28,30,32)/b22-15+. The number of nitrogens with zero attached hydrogens (tertiary/aromatic N) is 1. The number of hydrogen-bond acceptors (Lipinski definition) is 4. The van der Waals surface area contributed by atoms with Crippen LogP contribution in [0, 0.1) is 5.82 Å². The van der Waals surface area contributed by atoms with Crippen molar-refractivity contribution in [2.75, 3.05) is 4.90 Å². The SMILES string of the molecule is CCc1ccc(N2C(=O)NC(=O)/C(=C\c3ccccc3OCc3ccc(F)cc3)C2=O)cc1. The number of hydrogen-bond donors (Lipinski definition) is 1. The topological polar surface area (TPSA) is 75.7 Å². The summed E-state index contributed by atoms with van der Waals surface area (Å²) in [5, 5.41) is 2.22. The number of carbonyl (C=O) groups excluding carboxylic acids is 3. The van der Waals surface area contributed by atoms with Crippen LogP contribution >= 0.6 is 0 Å². The molecule has 166 valence electrons. The zero-order chi connectivity index (χ0) is 23.4. The number of nitrogens with one attached hydrogen (secondary N) is 1. The molecule has 1 N–H and O–H groups in total. The molecular formula is C26H21FN2O4. The third-order valence-corrected chi connectivity index (χ3v) is 5.23. The molecule has 0 bridgehead atoms. The van der Waals surface area contributed by atoms with Crippen molar-refractivity contribution in [1.29, 1.82) is 0 Å². The summed E-state index contributed by atoms with van der Waals surface area (Å²) in [7, 11) is 0. The summed E-state index contributed by atoms with van der Waals surface area (Å²) < 4.78 is 19.0. The van der Waals surface area contributed by atoms with E-state index in [2.05, 4.69) is 5.32 Å². The highest BCUT2D eigenvalue weighted by Crippen LogP contribution is 2.26. The van der Waals surface area contributed by atoms with Gasteiger partial charge in [-0.3, -0.25) is 14.9 Å². The second kappa shape index (κ2) is 9.48. The molecule has 0 aliphatic carbocycles. The van der Waals surface area contributed by atoms with Gasteiger partial charge in [0.2, 0.25) is 0 Å². The summed E-state index contributed by atoms with van der Waals surface area (Å²) in [4.78, 5) is 39.0. The molecule has 0 radical (unpaired) electrons. The number of rotatable bonds is 6. The van der Waals surface area contributed by atoms with E-state index in [0.29, 0.717) is 17.0 Å². The fourth-order valence-electron chi connectivity index (χ4n) is 3.40. The Kier molecular flexibility index (Phi) is 6.31. The van der Waals surface area contributed by atoms with Crippen LogP contribution in [0.3, 0.4) is 0 Å². The second-order valence-corrected chi connectivity index (χ2v) is 7.43. The summed E-state index contributed by atoms with van der Waals surface area (Å²) in [5.41, 5.74) is 2.50. The number of urea groups is 1. The number of ether oxygens (including phenoxy) is 1. The van der Waals surface area contributed by atoms with E-state index in [1.54, 1.807) is 48.5 Å². The summed E-state index contributed by atoms with van der Waals surface area (Å²) in [6.07, 6.45) is 2.22. The van der Waals surface area contributed by atoms with Gasteiger partial charge in [-0.1, -0.05) is 49.4 Å². The molecular weight excluding hydrogens is 423 g/mol. The van der Waals surface area contributed by atoms with Gasteiger partial charge in [0, 0.05) is 5.56 Å². The van der Waals surface area contributed by atoms with Gasteiger partial charge in [0.15, 0.2) is 0 Å². The second-order valence-electron chi connectivity index (χ2n) is 7.43. The molecule has 1 heterocycles. The molecule has 33 heavy (non-hydrogen) atoms. The Bertz CT molecular complexity index is 1230. The third kappa shape index (κ3) is 4.82.